The van der Waals surface area contributed by atoms with Crippen LogP contribution in [0.3, 0.4) is 0 Å². The Morgan fingerprint density at radius 1 is 1.53 bits per heavy atom. The fraction of sp³-hybridized carbons (Fsp3) is 0.846. The van der Waals surface area contributed by atoms with Gasteiger partial charge in [-0.05, 0) is 51.9 Å². The molecule has 2 nitrogen and oxygen atoms in total. The first-order valence-corrected chi connectivity index (χ1v) is 6.13. The van der Waals surface area contributed by atoms with Crippen LogP contribution in [0.4, 0.5) is 0 Å². The molecule has 1 rings (SSSR count). The average molecular weight is 211 g/mol. The standard InChI is InChI=1S/C13H25NO/c1-4-15-13-8-11(9-13)7-12(14)6-5-10(2)3/h11-13H,2,4-9,14H2,1,3H3. The zero-order chi connectivity index (χ0) is 11.3. The highest BCUT2D eigenvalue weighted by Crippen LogP contribution is 2.33. The molecular weight excluding hydrogens is 186 g/mol. The van der Waals surface area contributed by atoms with Gasteiger partial charge in [0.15, 0.2) is 0 Å². The van der Waals surface area contributed by atoms with Crippen molar-refractivity contribution in [2.45, 2.75) is 58.1 Å². The molecule has 1 fully saturated rings. The lowest BCUT2D eigenvalue weighted by Crippen LogP contribution is -2.35. The molecule has 0 bridgehead atoms. The molecule has 1 aliphatic rings. The summed E-state index contributed by atoms with van der Waals surface area (Å²) in [5.74, 6) is 0.807. The van der Waals surface area contributed by atoms with Crippen molar-refractivity contribution < 1.29 is 4.74 Å². The van der Waals surface area contributed by atoms with E-state index in [-0.39, 0.29) is 0 Å². The van der Waals surface area contributed by atoms with Crippen LogP contribution in [-0.4, -0.2) is 18.8 Å². The van der Waals surface area contributed by atoms with E-state index in [1.54, 1.807) is 0 Å². The molecule has 0 aliphatic heterocycles. The summed E-state index contributed by atoms with van der Waals surface area (Å²) in [6.45, 7) is 8.88. The first kappa shape index (κ1) is 12.7. The van der Waals surface area contributed by atoms with E-state index in [2.05, 4.69) is 20.4 Å². The van der Waals surface area contributed by atoms with E-state index >= 15 is 0 Å². The van der Waals surface area contributed by atoms with Gasteiger partial charge in [-0.1, -0.05) is 5.57 Å². The molecule has 0 saturated heterocycles. The zero-order valence-electron chi connectivity index (χ0n) is 10.2. The van der Waals surface area contributed by atoms with E-state index in [9.17, 15) is 0 Å². The summed E-state index contributed by atoms with van der Waals surface area (Å²) in [6.07, 6.45) is 6.28. The Kier molecular flexibility index (Phi) is 5.34. The molecule has 0 aromatic rings. The highest BCUT2D eigenvalue weighted by Gasteiger charge is 2.30. The van der Waals surface area contributed by atoms with Gasteiger partial charge in [-0.2, -0.15) is 0 Å². The van der Waals surface area contributed by atoms with Gasteiger partial charge in [-0.3, -0.25) is 0 Å². The van der Waals surface area contributed by atoms with Gasteiger partial charge in [-0.15, -0.1) is 6.58 Å². The normalized spacial score (nSPS) is 27.1. The maximum absolute atomic E-state index is 6.07. The molecule has 0 amide bonds. The van der Waals surface area contributed by atoms with E-state index in [0.29, 0.717) is 12.1 Å². The van der Waals surface area contributed by atoms with Crippen molar-refractivity contribution in [3.63, 3.8) is 0 Å². The number of hydrogen-bond donors (Lipinski definition) is 1. The third-order valence-electron chi connectivity index (χ3n) is 3.17. The van der Waals surface area contributed by atoms with Crippen molar-refractivity contribution >= 4 is 0 Å². The highest BCUT2D eigenvalue weighted by atomic mass is 16.5. The summed E-state index contributed by atoms with van der Waals surface area (Å²) in [4.78, 5) is 0. The number of nitrogens with two attached hydrogens (primary N) is 1. The fourth-order valence-electron chi connectivity index (χ4n) is 2.22. The van der Waals surface area contributed by atoms with Crippen molar-refractivity contribution in [3.8, 4) is 0 Å². The molecule has 1 saturated carbocycles. The third-order valence-corrected chi connectivity index (χ3v) is 3.17. The van der Waals surface area contributed by atoms with Crippen LogP contribution in [0.2, 0.25) is 0 Å². The number of hydrogen-bond acceptors (Lipinski definition) is 2. The van der Waals surface area contributed by atoms with Gasteiger partial charge in [0.05, 0.1) is 6.10 Å². The average Bonchev–Trinajstić information content (AvgIpc) is 2.11. The Bertz CT molecular complexity index is 197. The number of allylic oxidation sites excluding steroid dienone is 1. The lowest BCUT2D eigenvalue weighted by atomic mass is 9.77. The Balaban J connectivity index is 2.03. The first-order chi connectivity index (χ1) is 7.11. The summed E-state index contributed by atoms with van der Waals surface area (Å²) in [5, 5.41) is 0. The Hall–Kier alpha value is -0.340. The molecule has 1 aliphatic carbocycles. The molecule has 88 valence electrons. The molecule has 0 aromatic carbocycles. The van der Waals surface area contributed by atoms with Crippen molar-refractivity contribution in [3.05, 3.63) is 12.2 Å². The van der Waals surface area contributed by atoms with Crippen molar-refractivity contribution in [1.82, 2.24) is 0 Å². The Labute approximate surface area is 93.9 Å². The summed E-state index contributed by atoms with van der Waals surface area (Å²) < 4.78 is 5.53. The van der Waals surface area contributed by atoms with E-state index in [0.717, 1.165) is 31.8 Å². The predicted octanol–water partition coefficient (Wildman–Crippen LogP) is 2.88. The van der Waals surface area contributed by atoms with Crippen LogP contribution in [0, 0.1) is 5.92 Å². The van der Waals surface area contributed by atoms with Gasteiger partial charge in [-0.25, -0.2) is 0 Å². The van der Waals surface area contributed by atoms with Crippen molar-refractivity contribution in [2.24, 2.45) is 11.7 Å². The van der Waals surface area contributed by atoms with Crippen LogP contribution in [0.5, 0.6) is 0 Å². The summed E-state index contributed by atoms with van der Waals surface area (Å²) in [7, 11) is 0. The molecule has 1 unspecified atom stereocenters. The maximum Gasteiger partial charge on any atom is 0.0580 e. The van der Waals surface area contributed by atoms with Gasteiger partial charge in [0, 0.05) is 12.6 Å². The minimum atomic E-state index is 0.356. The van der Waals surface area contributed by atoms with E-state index in [1.165, 1.54) is 18.4 Å². The Morgan fingerprint density at radius 2 is 2.20 bits per heavy atom. The van der Waals surface area contributed by atoms with Crippen LogP contribution in [-0.2, 0) is 4.74 Å². The SMILES string of the molecule is C=C(C)CCC(N)CC1CC(OCC)C1. The van der Waals surface area contributed by atoms with Gasteiger partial charge < -0.3 is 10.5 Å². The largest absolute Gasteiger partial charge is 0.378 e. The molecule has 0 spiro atoms. The lowest BCUT2D eigenvalue weighted by molar-refractivity contribution is -0.0282. The second kappa shape index (κ2) is 6.29. The Morgan fingerprint density at radius 3 is 2.73 bits per heavy atom. The first-order valence-electron chi connectivity index (χ1n) is 6.13. The van der Waals surface area contributed by atoms with E-state index < -0.39 is 0 Å². The highest BCUT2D eigenvalue weighted by molar-refractivity contribution is 4.90. The second-order valence-electron chi connectivity index (χ2n) is 4.91. The quantitative estimate of drug-likeness (QED) is 0.657. The second-order valence-corrected chi connectivity index (χ2v) is 4.91. The van der Waals surface area contributed by atoms with Crippen LogP contribution in [0.1, 0.15) is 46.0 Å². The zero-order valence-corrected chi connectivity index (χ0v) is 10.2. The molecule has 0 heterocycles. The fourth-order valence-corrected chi connectivity index (χ4v) is 2.22. The van der Waals surface area contributed by atoms with Crippen LogP contribution < -0.4 is 5.73 Å². The summed E-state index contributed by atoms with van der Waals surface area (Å²) in [5.41, 5.74) is 7.31. The van der Waals surface area contributed by atoms with Crippen molar-refractivity contribution in [2.75, 3.05) is 6.61 Å². The summed E-state index contributed by atoms with van der Waals surface area (Å²) in [6, 6.07) is 0.356. The molecular formula is C13H25NO. The molecule has 15 heavy (non-hydrogen) atoms. The van der Waals surface area contributed by atoms with Crippen LogP contribution in [0.15, 0.2) is 12.2 Å². The predicted molar refractivity (Wildman–Crippen MR) is 64.8 cm³/mol. The van der Waals surface area contributed by atoms with Crippen LogP contribution >= 0.6 is 0 Å². The molecule has 0 radical (unpaired) electrons. The minimum Gasteiger partial charge on any atom is -0.378 e. The monoisotopic (exact) mass is 211 g/mol. The molecule has 0 aromatic heterocycles. The summed E-state index contributed by atoms with van der Waals surface area (Å²) >= 11 is 0. The maximum atomic E-state index is 6.07. The molecule has 2 N–H and O–H groups in total. The van der Waals surface area contributed by atoms with E-state index in [4.69, 9.17) is 10.5 Å². The molecule has 2 heteroatoms. The molecule has 1 atom stereocenters. The minimum absolute atomic E-state index is 0.356. The smallest absolute Gasteiger partial charge is 0.0580 e. The van der Waals surface area contributed by atoms with Gasteiger partial charge in [0.2, 0.25) is 0 Å². The van der Waals surface area contributed by atoms with Gasteiger partial charge >= 0.3 is 0 Å². The number of ether oxygens (including phenoxy) is 1. The van der Waals surface area contributed by atoms with E-state index in [1.807, 2.05) is 0 Å². The third kappa shape index (κ3) is 4.80. The van der Waals surface area contributed by atoms with Crippen molar-refractivity contribution in [1.29, 1.82) is 0 Å². The lowest BCUT2D eigenvalue weighted by Gasteiger charge is -2.36. The van der Waals surface area contributed by atoms with Crippen LogP contribution in [0.25, 0.3) is 0 Å². The number of rotatable bonds is 7. The topological polar surface area (TPSA) is 35.2 Å². The van der Waals surface area contributed by atoms with Gasteiger partial charge in [0.1, 0.15) is 0 Å². The van der Waals surface area contributed by atoms with Gasteiger partial charge in [0.25, 0.3) is 0 Å².